The van der Waals surface area contributed by atoms with Gasteiger partial charge in [0.2, 0.25) is 0 Å². The quantitative estimate of drug-likeness (QED) is 0.556. The third-order valence-electron chi connectivity index (χ3n) is 1.82. The molecule has 0 aromatic heterocycles. The summed E-state index contributed by atoms with van der Waals surface area (Å²) in [5.41, 5.74) is 0. The smallest absolute Gasteiger partial charge is 0.0319 e. The van der Waals surface area contributed by atoms with Crippen molar-refractivity contribution in [2.24, 2.45) is 0 Å². The molecule has 0 saturated carbocycles. The van der Waals surface area contributed by atoms with Gasteiger partial charge in [-0.2, -0.15) is 0 Å². The Morgan fingerprint density at radius 3 is 2.90 bits per heavy atom. The third kappa shape index (κ3) is 2.12. The van der Waals surface area contributed by atoms with E-state index in [4.69, 9.17) is 0 Å². The first-order chi connectivity index (χ1) is 4.83. The Bertz CT molecular complexity index is 108. The minimum Gasteiger partial charge on any atom is -0.314 e. The summed E-state index contributed by atoms with van der Waals surface area (Å²) in [6.45, 7) is 8.14. The van der Waals surface area contributed by atoms with Crippen molar-refractivity contribution in [3.8, 4) is 0 Å². The lowest BCUT2D eigenvalue weighted by atomic mass is 10.1. The minimum absolute atomic E-state index is 0.588. The first-order valence-corrected chi connectivity index (χ1v) is 3.90. The van der Waals surface area contributed by atoms with Crippen LogP contribution in [0.15, 0.2) is 12.7 Å². The van der Waals surface area contributed by atoms with Gasteiger partial charge in [-0.25, -0.2) is 0 Å². The second-order valence-corrected chi connectivity index (χ2v) is 2.95. The summed E-state index contributed by atoms with van der Waals surface area (Å²) in [7, 11) is 0. The Morgan fingerprint density at radius 2 is 2.50 bits per heavy atom. The molecule has 1 rings (SSSR count). The molecule has 1 aliphatic heterocycles. The Morgan fingerprint density at radius 1 is 1.80 bits per heavy atom. The van der Waals surface area contributed by atoms with Gasteiger partial charge >= 0.3 is 0 Å². The van der Waals surface area contributed by atoms with Crippen molar-refractivity contribution < 1.29 is 0 Å². The molecule has 0 amide bonds. The van der Waals surface area contributed by atoms with Crippen molar-refractivity contribution in [1.29, 1.82) is 0 Å². The first-order valence-electron chi connectivity index (χ1n) is 3.90. The van der Waals surface area contributed by atoms with Gasteiger partial charge < -0.3 is 10.6 Å². The van der Waals surface area contributed by atoms with Crippen LogP contribution in [0.25, 0.3) is 0 Å². The van der Waals surface area contributed by atoms with Crippen LogP contribution in [0.2, 0.25) is 0 Å². The van der Waals surface area contributed by atoms with Crippen LogP contribution in [0, 0.1) is 0 Å². The van der Waals surface area contributed by atoms with E-state index < -0.39 is 0 Å². The molecule has 0 aliphatic carbocycles. The second kappa shape index (κ2) is 3.74. The fourth-order valence-corrected chi connectivity index (χ4v) is 1.13. The molecule has 10 heavy (non-hydrogen) atoms. The van der Waals surface area contributed by atoms with E-state index in [0.717, 1.165) is 19.5 Å². The van der Waals surface area contributed by atoms with E-state index in [1.165, 1.54) is 0 Å². The van der Waals surface area contributed by atoms with E-state index in [1.807, 2.05) is 6.08 Å². The van der Waals surface area contributed by atoms with Crippen LogP contribution < -0.4 is 10.6 Å². The molecule has 2 heteroatoms. The van der Waals surface area contributed by atoms with E-state index in [9.17, 15) is 0 Å². The van der Waals surface area contributed by atoms with E-state index in [2.05, 4.69) is 24.1 Å². The maximum Gasteiger partial charge on any atom is 0.0319 e. The van der Waals surface area contributed by atoms with Gasteiger partial charge in [-0.3, -0.25) is 0 Å². The Balaban J connectivity index is 2.04. The number of rotatable bonds is 4. The summed E-state index contributed by atoms with van der Waals surface area (Å²) in [6, 6.07) is 1.29. The maximum absolute atomic E-state index is 3.70. The van der Waals surface area contributed by atoms with Gasteiger partial charge in [-0.05, 0) is 13.3 Å². The highest BCUT2D eigenvalue weighted by Gasteiger charge is 2.17. The standard InChI is InChI=1S/C8H16N2/c1-3-4-7(2)10-8-5-9-6-8/h3,7-10H,1,4-6H2,2H3. The maximum atomic E-state index is 3.70. The fourth-order valence-electron chi connectivity index (χ4n) is 1.13. The van der Waals surface area contributed by atoms with Crippen molar-refractivity contribution in [1.82, 2.24) is 10.6 Å². The van der Waals surface area contributed by atoms with E-state index in [-0.39, 0.29) is 0 Å². The molecule has 1 fully saturated rings. The lowest BCUT2D eigenvalue weighted by Gasteiger charge is -2.30. The zero-order valence-electron chi connectivity index (χ0n) is 6.56. The summed E-state index contributed by atoms with van der Waals surface area (Å²) >= 11 is 0. The number of nitrogens with one attached hydrogen (secondary N) is 2. The molecule has 1 saturated heterocycles. The van der Waals surface area contributed by atoms with Crippen molar-refractivity contribution in [2.75, 3.05) is 13.1 Å². The molecule has 2 N–H and O–H groups in total. The summed E-state index contributed by atoms with van der Waals surface area (Å²) in [5.74, 6) is 0. The lowest BCUT2D eigenvalue weighted by molar-refractivity contribution is 0.336. The summed E-state index contributed by atoms with van der Waals surface area (Å²) in [5, 5.41) is 6.70. The first kappa shape index (κ1) is 7.76. The summed E-state index contributed by atoms with van der Waals surface area (Å²) < 4.78 is 0. The van der Waals surface area contributed by atoms with Crippen LogP contribution in [-0.4, -0.2) is 25.2 Å². The largest absolute Gasteiger partial charge is 0.314 e. The second-order valence-electron chi connectivity index (χ2n) is 2.95. The highest BCUT2D eigenvalue weighted by molar-refractivity contribution is 4.85. The monoisotopic (exact) mass is 140 g/mol. The van der Waals surface area contributed by atoms with Crippen LogP contribution in [0.4, 0.5) is 0 Å². The minimum atomic E-state index is 0.588. The molecule has 2 nitrogen and oxygen atoms in total. The average Bonchev–Trinajstić information content (AvgIpc) is 1.80. The average molecular weight is 140 g/mol. The molecule has 58 valence electrons. The molecule has 0 spiro atoms. The molecule has 1 atom stereocenters. The predicted molar refractivity (Wildman–Crippen MR) is 44.1 cm³/mol. The molecule has 0 aromatic rings. The van der Waals surface area contributed by atoms with Gasteiger partial charge in [0.05, 0.1) is 0 Å². The zero-order chi connectivity index (χ0) is 7.40. The van der Waals surface area contributed by atoms with Crippen molar-refractivity contribution in [2.45, 2.75) is 25.4 Å². The highest BCUT2D eigenvalue weighted by atomic mass is 15.1. The van der Waals surface area contributed by atoms with Gasteiger partial charge in [-0.15, -0.1) is 6.58 Å². The molecule has 0 aromatic carbocycles. The van der Waals surface area contributed by atoms with Gasteiger partial charge in [0, 0.05) is 25.2 Å². The van der Waals surface area contributed by atoms with E-state index in [1.54, 1.807) is 0 Å². The van der Waals surface area contributed by atoms with Crippen LogP contribution in [-0.2, 0) is 0 Å². The zero-order valence-corrected chi connectivity index (χ0v) is 6.56. The van der Waals surface area contributed by atoms with E-state index in [0.29, 0.717) is 12.1 Å². The van der Waals surface area contributed by atoms with Crippen LogP contribution >= 0.6 is 0 Å². The lowest BCUT2D eigenvalue weighted by Crippen LogP contribution is -2.57. The van der Waals surface area contributed by atoms with Crippen molar-refractivity contribution in [3.05, 3.63) is 12.7 Å². The molecular formula is C8H16N2. The highest BCUT2D eigenvalue weighted by Crippen LogP contribution is 1.96. The summed E-state index contributed by atoms with van der Waals surface area (Å²) in [6.07, 6.45) is 3.03. The van der Waals surface area contributed by atoms with Crippen LogP contribution in [0.1, 0.15) is 13.3 Å². The SMILES string of the molecule is C=CCC(C)NC1CNC1. The van der Waals surface area contributed by atoms with Gasteiger partial charge in [0.15, 0.2) is 0 Å². The number of hydrogen-bond acceptors (Lipinski definition) is 2. The Kier molecular flexibility index (Phi) is 2.90. The third-order valence-corrected chi connectivity index (χ3v) is 1.82. The molecule has 1 unspecified atom stereocenters. The molecule has 1 aliphatic rings. The van der Waals surface area contributed by atoms with Gasteiger partial charge in [-0.1, -0.05) is 6.08 Å². The van der Waals surface area contributed by atoms with E-state index >= 15 is 0 Å². The van der Waals surface area contributed by atoms with Crippen LogP contribution in [0.3, 0.4) is 0 Å². The fraction of sp³-hybridized carbons (Fsp3) is 0.750. The van der Waals surface area contributed by atoms with Gasteiger partial charge in [0.1, 0.15) is 0 Å². The molecule has 0 bridgehead atoms. The Labute approximate surface area is 62.7 Å². The molecule has 0 radical (unpaired) electrons. The van der Waals surface area contributed by atoms with Gasteiger partial charge in [0.25, 0.3) is 0 Å². The normalized spacial score (nSPS) is 21.7. The number of hydrogen-bond donors (Lipinski definition) is 2. The summed E-state index contributed by atoms with van der Waals surface area (Å²) in [4.78, 5) is 0. The van der Waals surface area contributed by atoms with Crippen molar-refractivity contribution >= 4 is 0 Å². The molecular weight excluding hydrogens is 124 g/mol. The Hall–Kier alpha value is -0.340. The topological polar surface area (TPSA) is 24.1 Å². The predicted octanol–water partition coefficient (Wildman–Crippen LogP) is 0.512. The molecule has 1 heterocycles. The van der Waals surface area contributed by atoms with Crippen molar-refractivity contribution in [3.63, 3.8) is 0 Å². The van der Waals surface area contributed by atoms with Crippen LogP contribution in [0.5, 0.6) is 0 Å².